The Kier molecular flexibility index (Phi) is 6.46. The second kappa shape index (κ2) is 9.69. The van der Waals surface area contributed by atoms with E-state index < -0.39 is 5.82 Å². The Bertz CT molecular complexity index is 1610. The van der Waals surface area contributed by atoms with Crippen molar-refractivity contribution in [2.75, 3.05) is 11.1 Å². The number of nitrogens with one attached hydrogen (secondary N) is 1. The number of carbonyl (C=O) groups excluding carboxylic acids is 1. The Morgan fingerprint density at radius 1 is 1.20 bits per heavy atom. The van der Waals surface area contributed by atoms with Gasteiger partial charge in [-0.3, -0.25) is 14.2 Å². The molecule has 0 aliphatic heterocycles. The molecule has 35 heavy (non-hydrogen) atoms. The fourth-order valence-electron chi connectivity index (χ4n) is 3.54. The minimum Gasteiger partial charge on any atom is -0.461 e. The zero-order valence-corrected chi connectivity index (χ0v) is 20.6. The lowest BCUT2D eigenvalue weighted by atomic mass is 10.2. The normalized spacial score (nSPS) is 11.2. The average molecular weight is 526 g/mol. The summed E-state index contributed by atoms with van der Waals surface area (Å²) in [5.41, 5.74) is 1.44. The molecule has 6 nitrogen and oxygen atoms in total. The van der Waals surface area contributed by atoms with Crippen molar-refractivity contribution in [3.8, 4) is 17.0 Å². The number of rotatable bonds is 6. The van der Waals surface area contributed by atoms with Crippen LogP contribution in [-0.4, -0.2) is 21.2 Å². The standard InChI is InChI=1S/C25H17ClFN3O3S2/c1-14-7-10-20(33-14)17-12-34-23-22(17)24(32)30(16-5-3-2-4-6-16)25(29-23)35-13-21(31)28-15-8-9-19(27)18(26)11-15/h2-12H,13H2,1H3,(H,28,31). The van der Waals surface area contributed by atoms with Gasteiger partial charge in [0.05, 0.1) is 21.8 Å². The summed E-state index contributed by atoms with van der Waals surface area (Å²) in [7, 11) is 0. The van der Waals surface area contributed by atoms with Gasteiger partial charge >= 0.3 is 0 Å². The number of halogens is 2. The van der Waals surface area contributed by atoms with Crippen LogP contribution in [0.3, 0.4) is 0 Å². The first-order valence-corrected chi connectivity index (χ1v) is 12.7. The van der Waals surface area contributed by atoms with E-state index in [1.807, 2.05) is 54.8 Å². The Morgan fingerprint density at radius 3 is 2.71 bits per heavy atom. The maximum Gasteiger partial charge on any atom is 0.268 e. The van der Waals surface area contributed by atoms with Crippen molar-refractivity contribution in [1.82, 2.24) is 9.55 Å². The second-order valence-electron chi connectivity index (χ2n) is 7.58. The van der Waals surface area contributed by atoms with Crippen molar-refractivity contribution < 1.29 is 13.6 Å². The van der Waals surface area contributed by atoms with E-state index in [0.29, 0.717) is 38.1 Å². The molecule has 0 spiro atoms. The summed E-state index contributed by atoms with van der Waals surface area (Å²) >= 11 is 8.27. The van der Waals surface area contributed by atoms with E-state index in [1.165, 1.54) is 34.1 Å². The molecule has 0 unspecified atom stereocenters. The number of aromatic nitrogens is 2. The van der Waals surface area contributed by atoms with E-state index in [-0.39, 0.29) is 22.2 Å². The van der Waals surface area contributed by atoms with E-state index in [0.717, 1.165) is 17.5 Å². The predicted molar refractivity (Wildman–Crippen MR) is 138 cm³/mol. The predicted octanol–water partition coefficient (Wildman–Crippen LogP) is 6.54. The second-order valence-corrected chi connectivity index (χ2v) is 9.78. The quantitative estimate of drug-likeness (QED) is 0.201. The number of hydrogen-bond donors (Lipinski definition) is 1. The average Bonchev–Trinajstić information content (AvgIpc) is 3.47. The summed E-state index contributed by atoms with van der Waals surface area (Å²) in [4.78, 5) is 31.6. The molecule has 5 aromatic rings. The molecule has 176 valence electrons. The van der Waals surface area contributed by atoms with E-state index in [4.69, 9.17) is 21.0 Å². The summed E-state index contributed by atoms with van der Waals surface area (Å²) in [5.74, 6) is 0.421. The third-order valence-corrected chi connectivity index (χ3v) is 7.23. The number of amides is 1. The molecule has 10 heteroatoms. The van der Waals surface area contributed by atoms with Crippen LogP contribution in [0.5, 0.6) is 0 Å². The maximum absolute atomic E-state index is 13.7. The number of carbonyl (C=O) groups is 1. The van der Waals surface area contributed by atoms with Crippen LogP contribution < -0.4 is 10.9 Å². The maximum atomic E-state index is 13.7. The third-order valence-electron chi connectivity index (χ3n) is 5.13. The zero-order chi connectivity index (χ0) is 24.5. The van der Waals surface area contributed by atoms with Crippen molar-refractivity contribution in [3.63, 3.8) is 0 Å². The number of anilines is 1. The number of benzene rings is 2. The number of nitrogens with zero attached hydrogens (tertiary/aromatic N) is 2. The topological polar surface area (TPSA) is 77.1 Å². The number of furan rings is 1. The zero-order valence-electron chi connectivity index (χ0n) is 18.2. The molecule has 1 amide bonds. The fourth-order valence-corrected chi connectivity index (χ4v) is 5.50. The summed E-state index contributed by atoms with van der Waals surface area (Å²) in [5, 5.41) is 5.29. The van der Waals surface area contributed by atoms with Crippen LogP contribution in [-0.2, 0) is 4.79 Å². The fraction of sp³-hybridized carbons (Fsp3) is 0.0800. The van der Waals surface area contributed by atoms with Crippen LogP contribution in [0.25, 0.3) is 27.2 Å². The van der Waals surface area contributed by atoms with Gasteiger partial charge in [0, 0.05) is 16.6 Å². The summed E-state index contributed by atoms with van der Waals surface area (Å²) < 4.78 is 20.7. The van der Waals surface area contributed by atoms with Crippen molar-refractivity contribution >= 4 is 56.5 Å². The van der Waals surface area contributed by atoms with Gasteiger partial charge in [-0.15, -0.1) is 11.3 Å². The Hall–Kier alpha value is -3.40. The Labute approximate surface area is 212 Å². The molecular weight excluding hydrogens is 509 g/mol. The molecule has 0 aliphatic carbocycles. The molecule has 0 aliphatic rings. The van der Waals surface area contributed by atoms with E-state index in [2.05, 4.69) is 5.32 Å². The van der Waals surface area contributed by atoms with Gasteiger partial charge in [0.15, 0.2) is 5.16 Å². The van der Waals surface area contributed by atoms with E-state index in [1.54, 1.807) is 0 Å². The lowest BCUT2D eigenvalue weighted by Gasteiger charge is -2.12. The van der Waals surface area contributed by atoms with Gasteiger partial charge in [-0.25, -0.2) is 9.37 Å². The van der Waals surface area contributed by atoms with Gasteiger partial charge in [0.1, 0.15) is 22.2 Å². The minimum absolute atomic E-state index is 0.0185. The van der Waals surface area contributed by atoms with Crippen molar-refractivity contribution in [3.05, 3.63) is 93.0 Å². The molecule has 0 atom stereocenters. The highest BCUT2D eigenvalue weighted by atomic mass is 35.5. The van der Waals surface area contributed by atoms with Crippen LogP contribution in [0.2, 0.25) is 5.02 Å². The van der Waals surface area contributed by atoms with Gasteiger partial charge in [0.2, 0.25) is 5.91 Å². The molecule has 0 saturated heterocycles. The Morgan fingerprint density at radius 2 is 2.00 bits per heavy atom. The molecule has 1 N–H and O–H groups in total. The lowest BCUT2D eigenvalue weighted by Crippen LogP contribution is -2.22. The van der Waals surface area contributed by atoms with Crippen molar-refractivity contribution in [1.29, 1.82) is 0 Å². The van der Waals surface area contributed by atoms with Crippen LogP contribution >= 0.6 is 34.7 Å². The van der Waals surface area contributed by atoms with Crippen LogP contribution in [0, 0.1) is 12.7 Å². The van der Waals surface area contributed by atoms with E-state index >= 15 is 0 Å². The number of thioether (sulfide) groups is 1. The smallest absolute Gasteiger partial charge is 0.268 e. The molecule has 0 fully saturated rings. The SMILES string of the molecule is Cc1ccc(-c2csc3nc(SCC(=O)Nc4ccc(F)c(Cl)c4)n(-c4ccccc4)c(=O)c23)o1. The highest BCUT2D eigenvalue weighted by Crippen LogP contribution is 2.34. The van der Waals surface area contributed by atoms with Crippen molar-refractivity contribution in [2.24, 2.45) is 0 Å². The summed E-state index contributed by atoms with van der Waals surface area (Å²) in [6.45, 7) is 1.85. The number of aryl methyl sites for hydroxylation is 1. The Balaban J connectivity index is 1.51. The molecule has 3 aromatic heterocycles. The van der Waals surface area contributed by atoms with Gasteiger partial charge in [0.25, 0.3) is 5.56 Å². The van der Waals surface area contributed by atoms with Crippen LogP contribution in [0.15, 0.2) is 80.4 Å². The first-order chi connectivity index (χ1) is 16.9. The van der Waals surface area contributed by atoms with Crippen LogP contribution in [0.4, 0.5) is 10.1 Å². The third kappa shape index (κ3) is 4.75. The molecule has 5 rings (SSSR count). The summed E-state index contributed by atoms with van der Waals surface area (Å²) in [6.07, 6.45) is 0. The minimum atomic E-state index is -0.566. The van der Waals surface area contributed by atoms with Gasteiger partial charge in [-0.2, -0.15) is 0 Å². The monoisotopic (exact) mass is 525 g/mol. The first kappa shape index (κ1) is 23.3. The first-order valence-electron chi connectivity index (χ1n) is 10.4. The van der Waals surface area contributed by atoms with Gasteiger partial charge < -0.3 is 9.73 Å². The molecule has 0 bridgehead atoms. The van der Waals surface area contributed by atoms with Crippen molar-refractivity contribution in [2.45, 2.75) is 12.1 Å². The number of thiophene rings is 1. The van der Waals surface area contributed by atoms with Gasteiger partial charge in [-0.05, 0) is 49.4 Å². The number of fused-ring (bicyclic) bond motifs is 1. The molecule has 3 heterocycles. The molecular formula is C25H17ClFN3O3S2. The largest absolute Gasteiger partial charge is 0.461 e. The lowest BCUT2D eigenvalue weighted by molar-refractivity contribution is -0.113. The highest BCUT2D eigenvalue weighted by Gasteiger charge is 2.20. The van der Waals surface area contributed by atoms with Crippen LogP contribution in [0.1, 0.15) is 5.76 Å². The van der Waals surface area contributed by atoms with Gasteiger partial charge in [-0.1, -0.05) is 41.6 Å². The highest BCUT2D eigenvalue weighted by molar-refractivity contribution is 7.99. The van der Waals surface area contributed by atoms with E-state index in [9.17, 15) is 14.0 Å². The number of hydrogen-bond acceptors (Lipinski definition) is 6. The molecule has 0 saturated carbocycles. The molecule has 0 radical (unpaired) electrons. The molecule has 2 aromatic carbocycles. The summed E-state index contributed by atoms with van der Waals surface area (Å²) in [6, 6.07) is 16.8. The number of para-hydroxylation sites is 1.